The van der Waals surface area contributed by atoms with Crippen LogP contribution in [0.1, 0.15) is 18.2 Å². The second-order valence-corrected chi connectivity index (χ2v) is 10.0. The number of aliphatic hydroxyl groups is 1. The number of rotatable bonds is 6. The van der Waals surface area contributed by atoms with Crippen LogP contribution in [-0.4, -0.2) is 78.6 Å². The maximum Gasteiger partial charge on any atom is 0.268 e. The number of primary amides is 1. The van der Waals surface area contributed by atoms with Gasteiger partial charge in [0, 0.05) is 44.0 Å². The van der Waals surface area contributed by atoms with E-state index >= 15 is 0 Å². The molecule has 2 atom stereocenters. The van der Waals surface area contributed by atoms with Crippen LogP contribution in [0.5, 0.6) is 5.88 Å². The fraction of sp³-hybridized carbons (Fsp3) is 0.417. The standard InChI is InChI=1S/C24H27N7O5S/c1-34-19-3-2-14(11-26-19)23-31(17(13-36-23)20(25)33)16-10-18-21(27-22(16)30-5-4-15(32)12-30)28-24(37-18)29-6-8-35-9-7-29/h2-3,10-11,13,15,23,32H,4-9,12H2,1H3,(H2,25,33)/t15?,23-/m1/s1. The minimum Gasteiger partial charge on any atom is -0.481 e. The molecule has 2 fully saturated rings. The van der Waals surface area contributed by atoms with Gasteiger partial charge in [-0.2, -0.15) is 4.98 Å². The number of hydrogen-bond acceptors (Lipinski definition) is 12. The van der Waals surface area contributed by atoms with E-state index in [9.17, 15) is 9.90 Å². The van der Waals surface area contributed by atoms with Crippen LogP contribution in [0.4, 0.5) is 16.6 Å². The molecule has 1 amide bonds. The Bertz CT molecular complexity index is 1340. The molecular formula is C24H27N7O5S. The average Bonchev–Trinajstić information content (AvgIpc) is 3.66. The van der Waals surface area contributed by atoms with E-state index < -0.39 is 18.2 Å². The Hall–Kier alpha value is -3.68. The van der Waals surface area contributed by atoms with Gasteiger partial charge in [0.15, 0.2) is 16.6 Å². The van der Waals surface area contributed by atoms with Gasteiger partial charge in [0.1, 0.15) is 12.0 Å². The maximum atomic E-state index is 12.5. The summed E-state index contributed by atoms with van der Waals surface area (Å²) in [5.74, 6) is 0.438. The van der Waals surface area contributed by atoms with E-state index in [-0.39, 0.29) is 5.70 Å². The van der Waals surface area contributed by atoms with Gasteiger partial charge in [0.05, 0.1) is 36.8 Å². The fourth-order valence-corrected chi connectivity index (χ4v) is 5.75. The number of amides is 1. The van der Waals surface area contributed by atoms with Gasteiger partial charge in [-0.3, -0.25) is 9.69 Å². The van der Waals surface area contributed by atoms with Crippen molar-refractivity contribution in [1.82, 2.24) is 15.0 Å². The lowest BCUT2D eigenvalue weighted by atomic mass is 10.2. The molecular weight excluding hydrogens is 498 g/mol. The summed E-state index contributed by atoms with van der Waals surface area (Å²) in [7, 11) is 1.55. The first kappa shape index (κ1) is 23.7. The van der Waals surface area contributed by atoms with E-state index in [0.29, 0.717) is 61.3 Å². The number of carbonyl (C=O) groups excluding carboxylic acids is 1. The van der Waals surface area contributed by atoms with Crippen LogP contribution in [0.25, 0.3) is 10.3 Å². The van der Waals surface area contributed by atoms with Crippen LogP contribution in [0.3, 0.4) is 0 Å². The summed E-state index contributed by atoms with van der Waals surface area (Å²) < 4.78 is 17.5. The van der Waals surface area contributed by atoms with Gasteiger partial charge in [-0.25, -0.2) is 9.97 Å². The summed E-state index contributed by atoms with van der Waals surface area (Å²) >= 11 is 1.54. The van der Waals surface area contributed by atoms with Gasteiger partial charge in [-0.05, 0) is 18.6 Å². The molecule has 1 unspecified atom stereocenters. The second-order valence-electron chi connectivity index (χ2n) is 9.00. The number of aliphatic hydroxyl groups excluding tert-OH is 1. The van der Waals surface area contributed by atoms with Crippen molar-refractivity contribution in [3.05, 3.63) is 41.9 Å². The Morgan fingerprint density at radius 1 is 1.22 bits per heavy atom. The maximum absolute atomic E-state index is 12.5. The van der Waals surface area contributed by atoms with Crippen molar-refractivity contribution in [2.75, 3.05) is 61.2 Å². The predicted molar refractivity (Wildman–Crippen MR) is 138 cm³/mol. The molecule has 3 aliphatic rings. The summed E-state index contributed by atoms with van der Waals surface area (Å²) in [6.45, 7) is 3.87. The van der Waals surface area contributed by atoms with E-state index in [1.54, 1.807) is 24.3 Å². The number of pyridine rings is 2. The van der Waals surface area contributed by atoms with Crippen molar-refractivity contribution in [2.45, 2.75) is 18.8 Å². The smallest absolute Gasteiger partial charge is 0.268 e. The topological polar surface area (TPSA) is 139 Å². The molecule has 0 spiro atoms. The highest BCUT2D eigenvalue weighted by molar-refractivity contribution is 7.22. The third-order valence-corrected chi connectivity index (χ3v) is 7.70. The molecule has 0 saturated carbocycles. The number of thiazole rings is 1. The number of hydrogen-bond donors (Lipinski definition) is 2. The molecule has 0 aliphatic carbocycles. The van der Waals surface area contributed by atoms with Crippen molar-refractivity contribution >= 4 is 44.2 Å². The Kier molecular flexibility index (Phi) is 6.18. The number of aromatic nitrogens is 3. The van der Waals surface area contributed by atoms with Gasteiger partial charge >= 0.3 is 0 Å². The van der Waals surface area contributed by atoms with Gasteiger partial charge in [0.25, 0.3) is 5.91 Å². The minimum absolute atomic E-state index is 0.195. The van der Waals surface area contributed by atoms with Gasteiger partial charge in [0.2, 0.25) is 12.1 Å². The molecule has 6 rings (SSSR count). The number of fused-ring (bicyclic) bond motifs is 1. The molecule has 0 aromatic carbocycles. The summed E-state index contributed by atoms with van der Waals surface area (Å²) in [5.41, 5.74) is 7.94. The van der Waals surface area contributed by atoms with Crippen molar-refractivity contribution in [3.63, 3.8) is 0 Å². The number of β-amino-alcohol motifs (C(OH)–C–C–N with tert-alkyl or cyclic N) is 1. The normalized spacial score (nSPS) is 21.9. The third-order valence-electron chi connectivity index (χ3n) is 6.64. The van der Waals surface area contributed by atoms with Crippen LogP contribution in [0, 0.1) is 0 Å². The monoisotopic (exact) mass is 525 g/mol. The molecule has 2 saturated heterocycles. The van der Waals surface area contributed by atoms with E-state index in [2.05, 4.69) is 9.88 Å². The zero-order chi connectivity index (χ0) is 25.5. The van der Waals surface area contributed by atoms with Crippen molar-refractivity contribution in [2.24, 2.45) is 5.73 Å². The molecule has 3 aliphatic heterocycles. The van der Waals surface area contributed by atoms with E-state index in [4.69, 9.17) is 29.9 Å². The number of carbonyl (C=O) groups is 1. The third kappa shape index (κ3) is 4.38. The molecule has 0 bridgehead atoms. The summed E-state index contributed by atoms with van der Waals surface area (Å²) in [4.78, 5) is 32.5. The summed E-state index contributed by atoms with van der Waals surface area (Å²) in [6.07, 6.45) is 2.47. The summed E-state index contributed by atoms with van der Waals surface area (Å²) in [5, 5.41) is 11.1. The first-order valence-electron chi connectivity index (χ1n) is 12.0. The van der Waals surface area contributed by atoms with Crippen LogP contribution in [-0.2, 0) is 14.3 Å². The lowest BCUT2D eigenvalue weighted by molar-refractivity contribution is -0.114. The Morgan fingerprint density at radius 2 is 2.05 bits per heavy atom. The quantitative estimate of drug-likeness (QED) is 0.482. The van der Waals surface area contributed by atoms with Gasteiger partial charge in [-0.1, -0.05) is 11.3 Å². The molecule has 0 radical (unpaired) electrons. The van der Waals surface area contributed by atoms with Crippen molar-refractivity contribution < 1.29 is 24.1 Å². The average molecular weight is 526 g/mol. The highest BCUT2D eigenvalue weighted by Crippen LogP contribution is 2.44. The Morgan fingerprint density at radius 3 is 2.73 bits per heavy atom. The van der Waals surface area contributed by atoms with Gasteiger partial charge < -0.3 is 34.9 Å². The number of ether oxygens (including phenoxy) is 3. The first-order chi connectivity index (χ1) is 18.0. The molecule has 13 heteroatoms. The zero-order valence-electron chi connectivity index (χ0n) is 20.2. The SMILES string of the molecule is COc1ccc([C@H]2OC=C(C(N)=O)N2c2cc3sc(N4CCOCC4)nc3nc2N2CCC(O)C2)cn1. The molecule has 3 aromatic rings. The van der Waals surface area contributed by atoms with E-state index in [0.717, 1.165) is 22.9 Å². The minimum atomic E-state index is -0.696. The van der Waals surface area contributed by atoms with Crippen molar-refractivity contribution in [1.29, 1.82) is 0 Å². The molecule has 37 heavy (non-hydrogen) atoms. The van der Waals surface area contributed by atoms with Crippen LogP contribution in [0.15, 0.2) is 36.4 Å². The number of nitrogens with two attached hydrogens (primary N) is 1. The number of morpholine rings is 1. The van der Waals surface area contributed by atoms with Crippen LogP contribution in [0.2, 0.25) is 0 Å². The van der Waals surface area contributed by atoms with E-state index in [1.165, 1.54) is 17.6 Å². The predicted octanol–water partition coefficient (Wildman–Crippen LogP) is 1.36. The van der Waals surface area contributed by atoms with E-state index in [1.807, 2.05) is 17.0 Å². The number of methoxy groups -OCH3 is 1. The second kappa shape index (κ2) is 9.65. The van der Waals surface area contributed by atoms with Crippen LogP contribution < -0.4 is 25.2 Å². The molecule has 3 N–H and O–H groups in total. The molecule has 6 heterocycles. The van der Waals surface area contributed by atoms with Crippen molar-refractivity contribution in [3.8, 4) is 5.88 Å². The fourth-order valence-electron chi connectivity index (χ4n) is 4.76. The lowest BCUT2D eigenvalue weighted by Gasteiger charge is -2.30. The number of nitrogens with zero attached hydrogens (tertiary/aromatic N) is 6. The highest BCUT2D eigenvalue weighted by Gasteiger charge is 2.38. The Labute approximate surface area is 216 Å². The van der Waals surface area contributed by atoms with Gasteiger partial charge in [-0.15, -0.1) is 0 Å². The zero-order valence-corrected chi connectivity index (χ0v) is 21.1. The molecule has 12 nitrogen and oxygen atoms in total. The molecule has 194 valence electrons. The largest absolute Gasteiger partial charge is 0.481 e. The highest BCUT2D eigenvalue weighted by atomic mass is 32.1. The lowest BCUT2D eigenvalue weighted by Crippen LogP contribution is -2.36. The van der Waals surface area contributed by atoms with Crippen LogP contribution >= 0.6 is 11.3 Å². The molecule has 3 aromatic heterocycles. The number of anilines is 3. The summed E-state index contributed by atoms with van der Waals surface area (Å²) in [6, 6.07) is 5.53. The Balaban J connectivity index is 1.47. The first-order valence-corrected chi connectivity index (χ1v) is 12.9.